The Balaban J connectivity index is 1.68. The topological polar surface area (TPSA) is 35.6 Å². The summed E-state index contributed by atoms with van der Waals surface area (Å²) in [5.41, 5.74) is 3.89. The van der Waals surface area contributed by atoms with Crippen LogP contribution in [0.4, 0.5) is 5.69 Å². The highest BCUT2D eigenvalue weighted by Crippen LogP contribution is 2.19. The minimum atomic E-state index is -0.0660. The SMILES string of the molecule is CCN(CC)c1ccc(C=C2NC(=S)N(CCc3ccccc3)C2=O)cc1. The molecular formula is C22H25N3OS. The van der Waals surface area contributed by atoms with Crippen LogP contribution in [0.1, 0.15) is 25.0 Å². The Morgan fingerprint density at radius 3 is 2.33 bits per heavy atom. The van der Waals surface area contributed by atoms with Gasteiger partial charge in [0.15, 0.2) is 5.11 Å². The summed E-state index contributed by atoms with van der Waals surface area (Å²) in [6, 6.07) is 18.4. The van der Waals surface area contributed by atoms with Crippen LogP contribution in [0.2, 0.25) is 0 Å². The second kappa shape index (κ2) is 8.82. The molecule has 0 unspecified atom stereocenters. The van der Waals surface area contributed by atoms with Gasteiger partial charge >= 0.3 is 0 Å². The summed E-state index contributed by atoms with van der Waals surface area (Å²) in [5, 5.41) is 3.53. The van der Waals surface area contributed by atoms with E-state index in [4.69, 9.17) is 12.2 Å². The van der Waals surface area contributed by atoms with Crippen molar-refractivity contribution in [3.63, 3.8) is 0 Å². The molecule has 3 rings (SSSR count). The first kappa shape index (κ1) is 19.1. The lowest BCUT2D eigenvalue weighted by Crippen LogP contribution is -2.32. The largest absolute Gasteiger partial charge is 0.372 e. The van der Waals surface area contributed by atoms with Gasteiger partial charge in [0.2, 0.25) is 0 Å². The van der Waals surface area contributed by atoms with Crippen LogP contribution in [0.15, 0.2) is 60.3 Å². The molecule has 1 fully saturated rings. The van der Waals surface area contributed by atoms with Gasteiger partial charge in [-0.1, -0.05) is 42.5 Å². The third kappa shape index (κ3) is 4.55. The molecule has 1 aliphatic rings. The number of anilines is 1. The van der Waals surface area contributed by atoms with E-state index in [1.165, 1.54) is 11.3 Å². The van der Waals surface area contributed by atoms with Crippen molar-refractivity contribution in [2.75, 3.05) is 24.5 Å². The second-order valence-electron chi connectivity index (χ2n) is 6.44. The Bertz CT molecular complexity index is 826. The molecule has 0 spiro atoms. The number of benzene rings is 2. The van der Waals surface area contributed by atoms with E-state index in [2.05, 4.69) is 48.3 Å². The van der Waals surface area contributed by atoms with Crippen molar-refractivity contribution < 1.29 is 4.79 Å². The second-order valence-corrected chi connectivity index (χ2v) is 6.83. The van der Waals surface area contributed by atoms with Crippen LogP contribution in [0, 0.1) is 0 Å². The average molecular weight is 380 g/mol. The number of hydrogen-bond donors (Lipinski definition) is 1. The van der Waals surface area contributed by atoms with Crippen LogP contribution < -0.4 is 10.2 Å². The Morgan fingerprint density at radius 1 is 1.04 bits per heavy atom. The molecular weight excluding hydrogens is 354 g/mol. The van der Waals surface area contributed by atoms with Crippen LogP contribution in [0.5, 0.6) is 0 Å². The van der Waals surface area contributed by atoms with Crippen molar-refractivity contribution in [3.05, 3.63) is 71.4 Å². The van der Waals surface area contributed by atoms with Crippen molar-refractivity contribution in [1.82, 2.24) is 10.2 Å². The maximum absolute atomic E-state index is 12.7. The Labute approximate surface area is 166 Å². The molecule has 0 aliphatic carbocycles. The van der Waals surface area contributed by atoms with Crippen LogP contribution in [0.25, 0.3) is 6.08 Å². The van der Waals surface area contributed by atoms with Gasteiger partial charge in [0.05, 0.1) is 0 Å². The van der Waals surface area contributed by atoms with Gasteiger partial charge in [0.1, 0.15) is 5.70 Å². The number of nitrogens with one attached hydrogen (secondary N) is 1. The highest BCUT2D eigenvalue weighted by atomic mass is 32.1. The van der Waals surface area contributed by atoms with Gasteiger partial charge in [-0.2, -0.15) is 0 Å². The van der Waals surface area contributed by atoms with Gasteiger partial charge in [0, 0.05) is 25.3 Å². The number of amides is 1. The zero-order chi connectivity index (χ0) is 19.2. The third-order valence-corrected chi connectivity index (χ3v) is 5.08. The molecule has 4 nitrogen and oxygen atoms in total. The quantitative estimate of drug-likeness (QED) is 0.586. The molecule has 0 aromatic heterocycles. The first-order valence-corrected chi connectivity index (χ1v) is 9.76. The smallest absolute Gasteiger partial charge is 0.276 e. The minimum Gasteiger partial charge on any atom is -0.372 e. The van der Waals surface area contributed by atoms with Gasteiger partial charge in [0.25, 0.3) is 5.91 Å². The number of rotatable bonds is 7. The lowest BCUT2D eigenvalue weighted by molar-refractivity contribution is -0.122. The molecule has 140 valence electrons. The van der Waals surface area contributed by atoms with Crippen molar-refractivity contribution in [2.45, 2.75) is 20.3 Å². The van der Waals surface area contributed by atoms with E-state index in [9.17, 15) is 4.79 Å². The van der Waals surface area contributed by atoms with Crippen LogP contribution in [0.3, 0.4) is 0 Å². The molecule has 5 heteroatoms. The number of carbonyl (C=O) groups is 1. The fourth-order valence-electron chi connectivity index (χ4n) is 3.20. The molecule has 1 saturated heterocycles. The maximum atomic E-state index is 12.7. The van der Waals surface area contributed by atoms with Crippen LogP contribution in [-0.2, 0) is 11.2 Å². The molecule has 0 atom stereocenters. The molecule has 1 amide bonds. The number of nitrogens with zero attached hydrogens (tertiary/aromatic N) is 2. The Kier molecular flexibility index (Phi) is 6.24. The molecule has 27 heavy (non-hydrogen) atoms. The standard InChI is InChI=1S/C22H25N3OS/c1-3-24(4-2)19-12-10-18(11-13-19)16-20-21(26)25(22(27)23-20)15-14-17-8-6-5-7-9-17/h5-13,16H,3-4,14-15H2,1-2H3,(H,23,27). The number of hydrogen-bond acceptors (Lipinski definition) is 3. The maximum Gasteiger partial charge on any atom is 0.276 e. The van der Waals surface area contributed by atoms with E-state index >= 15 is 0 Å². The predicted molar refractivity (Wildman–Crippen MR) is 116 cm³/mol. The highest BCUT2D eigenvalue weighted by molar-refractivity contribution is 7.80. The van der Waals surface area contributed by atoms with Crippen molar-refractivity contribution in [2.24, 2.45) is 0 Å². The average Bonchev–Trinajstić information content (AvgIpc) is 2.96. The van der Waals surface area contributed by atoms with Crippen molar-refractivity contribution in [3.8, 4) is 0 Å². The summed E-state index contributed by atoms with van der Waals surface area (Å²) < 4.78 is 0. The summed E-state index contributed by atoms with van der Waals surface area (Å²) in [4.78, 5) is 16.6. The fraction of sp³-hybridized carbons (Fsp3) is 0.273. The first-order chi connectivity index (χ1) is 13.1. The summed E-state index contributed by atoms with van der Waals surface area (Å²) in [6.07, 6.45) is 2.64. The number of thiocarbonyl (C=S) groups is 1. The molecule has 2 aromatic rings. The lowest BCUT2D eigenvalue weighted by Gasteiger charge is -2.20. The normalized spacial score (nSPS) is 15.3. The van der Waals surface area contributed by atoms with Crippen molar-refractivity contribution >= 4 is 35.0 Å². The third-order valence-electron chi connectivity index (χ3n) is 4.76. The molecule has 1 aliphatic heterocycles. The zero-order valence-corrected chi connectivity index (χ0v) is 16.6. The van der Waals surface area contributed by atoms with E-state index in [0.29, 0.717) is 17.4 Å². The molecule has 0 bridgehead atoms. The molecule has 0 saturated carbocycles. The van der Waals surface area contributed by atoms with Gasteiger partial charge in [-0.15, -0.1) is 0 Å². The summed E-state index contributed by atoms with van der Waals surface area (Å²) in [6.45, 7) is 6.81. The summed E-state index contributed by atoms with van der Waals surface area (Å²) >= 11 is 5.36. The van der Waals surface area contributed by atoms with E-state index in [0.717, 1.165) is 25.1 Å². The summed E-state index contributed by atoms with van der Waals surface area (Å²) in [7, 11) is 0. The number of carbonyl (C=O) groups excluding carboxylic acids is 1. The first-order valence-electron chi connectivity index (χ1n) is 9.35. The zero-order valence-electron chi connectivity index (χ0n) is 15.8. The van der Waals surface area contributed by atoms with E-state index in [-0.39, 0.29) is 5.91 Å². The predicted octanol–water partition coefficient (Wildman–Crippen LogP) is 3.83. The Hall–Kier alpha value is -2.66. The molecule has 2 aromatic carbocycles. The van der Waals surface area contributed by atoms with Crippen molar-refractivity contribution in [1.29, 1.82) is 0 Å². The molecule has 0 radical (unpaired) electrons. The van der Waals surface area contributed by atoms with Gasteiger partial charge in [-0.25, -0.2) is 0 Å². The monoisotopic (exact) mass is 379 g/mol. The Morgan fingerprint density at radius 2 is 1.70 bits per heavy atom. The fourth-order valence-corrected chi connectivity index (χ4v) is 3.48. The van der Waals surface area contributed by atoms with Crippen LogP contribution in [-0.4, -0.2) is 35.6 Å². The molecule has 1 N–H and O–H groups in total. The van der Waals surface area contributed by atoms with Gasteiger partial charge < -0.3 is 10.2 Å². The highest BCUT2D eigenvalue weighted by Gasteiger charge is 2.30. The minimum absolute atomic E-state index is 0.0660. The van der Waals surface area contributed by atoms with E-state index in [1.807, 2.05) is 36.4 Å². The van der Waals surface area contributed by atoms with Gasteiger partial charge in [-0.05, 0) is 61.8 Å². The van der Waals surface area contributed by atoms with E-state index < -0.39 is 0 Å². The van der Waals surface area contributed by atoms with Gasteiger partial charge in [-0.3, -0.25) is 9.69 Å². The molecule has 1 heterocycles. The van der Waals surface area contributed by atoms with E-state index in [1.54, 1.807) is 4.90 Å². The lowest BCUT2D eigenvalue weighted by atomic mass is 10.1. The van der Waals surface area contributed by atoms with Crippen LogP contribution >= 0.6 is 12.2 Å². The summed E-state index contributed by atoms with van der Waals surface area (Å²) in [5.74, 6) is -0.0660.